The number of carbonyl (C=O) groups is 2. The van der Waals surface area contributed by atoms with E-state index in [-0.39, 0.29) is 5.92 Å². The van der Waals surface area contributed by atoms with Crippen LogP contribution in [0.4, 0.5) is 5.69 Å². The Morgan fingerprint density at radius 1 is 1.40 bits per heavy atom. The molecule has 0 fully saturated rings. The second-order valence-electron chi connectivity index (χ2n) is 4.81. The van der Waals surface area contributed by atoms with Crippen molar-refractivity contribution in [2.45, 2.75) is 13.8 Å². The van der Waals surface area contributed by atoms with Crippen molar-refractivity contribution in [2.24, 2.45) is 11.8 Å². The SMILES string of the molecule is CC(C)C(C(=O)O)C(=O)Nc1ccc2cn[nH]c2c1Br. The maximum atomic E-state index is 12.1. The van der Waals surface area contributed by atoms with E-state index in [4.69, 9.17) is 5.11 Å². The van der Waals surface area contributed by atoms with Crippen molar-refractivity contribution in [3.63, 3.8) is 0 Å². The molecule has 0 spiro atoms. The van der Waals surface area contributed by atoms with E-state index in [1.165, 1.54) is 0 Å². The van der Waals surface area contributed by atoms with Gasteiger partial charge in [0.25, 0.3) is 0 Å². The number of rotatable bonds is 4. The standard InChI is InChI=1S/C13H14BrN3O3/c1-6(2)9(13(19)20)12(18)16-8-4-3-7-5-15-17-11(7)10(8)14/h3-6,9H,1-2H3,(H,15,17)(H,16,18)(H,19,20). The lowest BCUT2D eigenvalue weighted by Gasteiger charge is -2.16. The zero-order valence-corrected chi connectivity index (χ0v) is 12.6. The molecule has 0 aliphatic heterocycles. The topological polar surface area (TPSA) is 95.1 Å². The Morgan fingerprint density at radius 2 is 2.10 bits per heavy atom. The number of carboxylic acid groups (broad SMARTS) is 1. The number of carboxylic acids is 1. The van der Waals surface area contributed by atoms with Crippen molar-refractivity contribution >= 4 is 44.4 Å². The molecule has 0 saturated carbocycles. The third-order valence-corrected chi connectivity index (χ3v) is 3.85. The summed E-state index contributed by atoms with van der Waals surface area (Å²) in [5, 5.41) is 19.4. The highest BCUT2D eigenvalue weighted by Crippen LogP contribution is 2.30. The maximum Gasteiger partial charge on any atom is 0.316 e. The molecule has 1 unspecified atom stereocenters. The lowest BCUT2D eigenvalue weighted by Crippen LogP contribution is -2.33. The quantitative estimate of drug-likeness (QED) is 0.746. The summed E-state index contributed by atoms with van der Waals surface area (Å²) in [6, 6.07) is 3.50. The first-order chi connectivity index (χ1) is 9.41. The highest BCUT2D eigenvalue weighted by molar-refractivity contribution is 9.10. The lowest BCUT2D eigenvalue weighted by atomic mass is 9.95. The number of hydrogen-bond donors (Lipinski definition) is 3. The summed E-state index contributed by atoms with van der Waals surface area (Å²) in [6.45, 7) is 3.40. The molecule has 6 nitrogen and oxygen atoms in total. The molecule has 1 heterocycles. The number of amides is 1. The van der Waals surface area contributed by atoms with Crippen LogP contribution in [0, 0.1) is 11.8 Å². The molecule has 20 heavy (non-hydrogen) atoms. The normalized spacial score (nSPS) is 12.6. The fourth-order valence-electron chi connectivity index (χ4n) is 1.99. The molecule has 106 valence electrons. The van der Waals surface area contributed by atoms with Gasteiger partial charge < -0.3 is 10.4 Å². The van der Waals surface area contributed by atoms with E-state index in [9.17, 15) is 9.59 Å². The number of halogens is 1. The van der Waals surface area contributed by atoms with Crippen LogP contribution in [0.15, 0.2) is 22.8 Å². The first kappa shape index (κ1) is 14.5. The number of carbonyl (C=O) groups excluding carboxylic acids is 1. The van der Waals surface area contributed by atoms with Crippen molar-refractivity contribution in [2.75, 3.05) is 5.32 Å². The Bertz CT molecular complexity index is 666. The summed E-state index contributed by atoms with van der Waals surface area (Å²) in [5.41, 5.74) is 1.26. The minimum Gasteiger partial charge on any atom is -0.481 e. The number of aromatic amines is 1. The predicted molar refractivity (Wildman–Crippen MR) is 78.4 cm³/mol. The number of H-pyrrole nitrogens is 1. The van der Waals surface area contributed by atoms with Gasteiger partial charge >= 0.3 is 5.97 Å². The van der Waals surface area contributed by atoms with E-state index >= 15 is 0 Å². The monoisotopic (exact) mass is 339 g/mol. The first-order valence-electron chi connectivity index (χ1n) is 6.07. The molecule has 1 amide bonds. The van der Waals surface area contributed by atoms with Gasteiger partial charge in [-0.2, -0.15) is 5.10 Å². The maximum absolute atomic E-state index is 12.1. The summed E-state index contributed by atoms with van der Waals surface area (Å²) in [5.74, 6) is -3.04. The van der Waals surface area contributed by atoms with Gasteiger partial charge in [-0.05, 0) is 34.0 Å². The van der Waals surface area contributed by atoms with Gasteiger partial charge in [0.2, 0.25) is 5.91 Å². The third-order valence-electron chi connectivity index (χ3n) is 3.03. The minimum absolute atomic E-state index is 0.290. The van der Waals surface area contributed by atoms with E-state index < -0.39 is 17.8 Å². The highest BCUT2D eigenvalue weighted by Gasteiger charge is 2.30. The van der Waals surface area contributed by atoms with E-state index in [0.717, 1.165) is 10.9 Å². The van der Waals surface area contributed by atoms with E-state index in [1.54, 1.807) is 32.2 Å². The van der Waals surface area contributed by atoms with Crippen LogP contribution in [0.2, 0.25) is 0 Å². The molecule has 2 rings (SSSR count). The average Bonchev–Trinajstić information content (AvgIpc) is 2.80. The van der Waals surface area contributed by atoms with Crippen molar-refractivity contribution in [1.82, 2.24) is 10.2 Å². The highest BCUT2D eigenvalue weighted by atomic mass is 79.9. The van der Waals surface area contributed by atoms with Crippen LogP contribution < -0.4 is 5.32 Å². The second kappa shape index (κ2) is 5.62. The summed E-state index contributed by atoms with van der Waals surface area (Å²) in [7, 11) is 0. The molecule has 0 bridgehead atoms. The molecule has 0 aliphatic carbocycles. The Kier molecular flexibility index (Phi) is 4.08. The summed E-state index contributed by atoms with van der Waals surface area (Å²) in [4.78, 5) is 23.2. The minimum atomic E-state index is -1.13. The number of anilines is 1. The van der Waals surface area contributed by atoms with Gasteiger partial charge in [0.05, 0.1) is 21.9 Å². The summed E-state index contributed by atoms with van der Waals surface area (Å²) < 4.78 is 0.647. The fourth-order valence-corrected chi connectivity index (χ4v) is 2.53. The lowest BCUT2D eigenvalue weighted by molar-refractivity contribution is -0.147. The average molecular weight is 340 g/mol. The number of hydrogen-bond acceptors (Lipinski definition) is 3. The van der Waals surface area contributed by atoms with Gasteiger partial charge in [0, 0.05) is 5.39 Å². The Balaban J connectivity index is 2.29. The van der Waals surface area contributed by atoms with Gasteiger partial charge in [0.1, 0.15) is 5.92 Å². The van der Waals surface area contributed by atoms with Gasteiger partial charge in [-0.1, -0.05) is 13.8 Å². The first-order valence-corrected chi connectivity index (χ1v) is 6.86. The molecule has 2 aromatic rings. The second-order valence-corrected chi connectivity index (χ2v) is 5.60. The van der Waals surface area contributed by atoms with Crippen LogP contribution >= 0.6 is 15.9 Å². The fraction of sp³-hybridized carbons (Fsp3) is 0.308. The number of aromatic nitrogens is 2. The van der Waals surface area contributed by atoms with Crippen molar-refractivity contribution in [3.05, 3.63) is 22.8 Å². The molecule has 0 aliphatic rings. The molecule has 3 N–H and O–H groups in total. The number of fused-ring (bicyclic) bond motifs is 1. The molecule has 0 radical (unpaired) electrons. The Morgan fingerprint density at radius 3 is 2.70 bits per heavy atom. The molecular weight excluding hydrogens is 326 g/mol. The smallest absolute Gasteiger partial charge is 0.316 e. The van der Waals surface area contributed by atoms with Crippen LogP contribution in [0.25, 0.3) is 10.9 Å². The van der Waals surface area contributed by atoms with Crippen LogP contribution in [0.3, 0.4) is 0 Å². The van der Waals surface area contributed by atoms with Crippen LogP contribution in [-0.4, -0.2) is 27.2 Å². The molecule has 1 aromatic heterocycles. The number of nitrogens with zero attached hydrogens (tertiary/aromatic N) is 1. The molecule has 1 atom stereocenters. The molecule has 0 saturated heterocycles. The van der Waals surface area contributed by atoms with Crippen molar-refractivity contribution in [1.29, 1.82) is 0 Å². The zero-order chi connectivity index (χ0) is 14.9. The zero-order valence-electron chi connectivity index (χ0n) is 11.0. The van der Waals surface area contributed by atoms with E-state index in [1.807, 2.05) is 0 Å². The Labute approximate surface area is 123 Å². The van der Waals surface area contributed by atoms with Crippen LogP contribution in [0.1, 0.15) is 13.8 Å². The molecule has 1 aromatic carbocycles. The summed E-state index contributed by atoms with van der Waals surface area (Å²) in [6.07, 6.45) is 1.67. The van der Waals surface area contributed by atoms with Crippen molar-refractivity contribution in [3.8, 4) is 0 Å². The van der Waals surface area contributed by atoms with Gasteiger partial charge in [-0.25, -0.2) is 0 Å². The van der Waals surface area contributed by atoms with Crippen molar-refractivity contribution < 1.29 is 14.7 Å². The molecule has 7 heteroatoms. The Hall–Kier alpha value is -1.89. The van der Waals surface area contributed by atoms with Gasteiger partial charge in [-0.15, -0.1) is 0 Å². The largest absolute Gasteiger partial charge is 0.481 e. The number of nitrogens with one attached hydrogen (secondary N) is 2. The van der Waals surface area contributed by atoms with Gasteiger partial charge in [0.15, 0.2) is 0 Å². The van der Waals surface area contributed by atoms with Crippen LogP contribution in [0.5, 0.6) is 0 Å². The number of aliphatic carboxylic acids is 1. The van der Waals surface area contributed by atoms with Gasteiger partial charge in [-0.3, -0.25) is 14.7 Å². The molecular formula is C13H14BrN3O3. The third kappa shape index (κ3) is 2.67. The van der Waals surface area contributed by atoms with E-state index in [0.29, 0.717) is 10.2 Å². The predicted octanol–water partition coefficient (Wildman–Crippen LogP) is 2.62. The van der Waals surface area contributed by atoms with Crippen LogP contribution in [-0.2, 0) is 9.59 Å². The van der Waals surface area contributed by atoms with E-state index in [2.05, 4.69) is 31.4 Å². The number of benzene rings is 1. The summed E-state index contributed by atoms with van der Waals surface area (Å²) >= 11 is 3.38.